The fraction of sp³-hybridized carbons (Fsp3) is 0.350. The summed E-state index contributed by atoms with van der Waals surface area (Å²) in [5.41, 5.74) is -0.953. The number of methoxy groups -OCH3 is 1. The molecule has 0 bridgehead atoms. The zero-order valence-corrected chi connectivity index (χ0v) is 31.0. The molecule has 1 aliphatic heterocycles. The molecule has 1 N–H and O–H groups in total. The standard InChI is InChI=1S/C38H34F9NO5.C2H6/c1-19(17-36(39,40)41)11-26(14-22(4)37(42,43)44)33-23(5)48(35(51)53-33)18-27-15-28(38(45,46)47)13-21(3)32(27)30-16-24(8-10-31(30)52-6)29-9-7-25(34(49)50)12-20(29)2;1-2/h7-16,23,33H,1,17-18H2,2-6H3,(H,49,50);1-2H3/b22-14+,26-11+;/t23?,33-;/m0./s1. The van der Waals surface area contributed by atoms with Crippen LogP contribution in [-0.4, -0.2) is 53.7 Å². The van der Waals surface area contributed by atoms with E-state index in [1.165, 1.54) is 33.1 Å². The van der Waals surface area contributed by atoms with Crippen LogP contribution in [0.3, 0.4) is 0 Å². The van der Waals surface area contributed by atoms with Gasteiger partial charge in [-0.25, -0.2) is 9.59 Å². The van der Waals surface area contributed by atoms with Gasteiger partial charge in [0.05, 0.1) is 37.2 Å². The number of carbonyl (C=O) groups is 2. The second-order valence-corrected chi connectivity index (χ2v) is 12.7. The van der Waals surface area contributed by atoms with Crippen molar-refractivity contribution in [3.05, 3.63) is 112 Å². The summed E-state index contributed by atoms with van der Waals surface area (Å²) in [6.07, 6.45) is -17.4. The van der Waals surface area contributed by atoms with E-state index in [-0.39, 0.29) is 28.0 Å². The first kappa shape index (κ1) is 44.2. The minimum Gasteiger partial charge on any atom is -0.496 e. The summed E-state index contributed by atoms with van der Waals surface area (Å²) in [4.78, 5) is 25.8. The van der Waals surface area contributed by atoms with E-state index in [0.717, 1.165) is 23.1 Å². The van der Waals surface area contributed by atoms with E-state index >= 15 is 0 Å². The third kappa shape index (κ3) is 10.7. The Labute approximate surface area is 312 Å². The van der Waals surface area contributed by atoms with Gasteiger partial charge in [0.15, 0.2) is 0 Å². The van der Waals surface area contributed by atoms with Crippen LogP contribution >= 0.6 is 0 Å². The van der Waals surface area contributed by atoms with Gasteiger partial charge in [-0.3, -0.25) is 4.90 Å². The van der Waals surface area contributed by atoms with Crippen molar-refractivity contribution < 1.29 is 63.7 Å². The Morgan fingerprint density at radius 3 is 2.09 bits per heavy atom. The number of cyclic esters (lactones) is 1. The minimum absolute atomic E-state index is 0.0394. The highest BCUT2D eigenvalue weighted by molar-refractivity contribution is 5.89. The third-order valence-electron chi connectivity index (χ3n) is 8.69. The molecule has 6 nitrogen and oxygen atoms in total. The number of carboxylic acid groups (broad SMARTS) is 1. The molecule has 1 fully saturated rings. The van der Waals surface area contributed by atoms with Crippen molar-refractivity contribution in [2.24, 2.45) is 0 Å². The highest BCUT2D eigenvalue weighted by Gasteiger charge is 2.42. The summed E-state index contributed by atoms with van der Waals surface area (Å²) in [7, 11) is 1.34. The van der Waals surface area contributed by atoms with E-state index in [1.54, 1.807) is 31.2 Å². The number of rotatable bonds is 10. The highest BCUT2D eigenvalue weighted by atomic mass is 19.4. The van der Waals surface area contributed by atoms with E-state index in [2.05, 4.69) is 6.58 Å². The molecule has 0 spiro atoms. The number of alkyl halides is 9. The summed E-state index contributed by atoms with van der Waals surface area (Å²) < 4.78 is 133. The molecule has 3 aromatic rings. The molecule has 0 aliphatic carbocycles. The molecule has 0 saturated carbocycles. The van der Waals surface area contributed by atoms with Gasteiger partial charge in [-0.05, 0) is 115 Å². The van der Waals surface area contributed by atoms with E-state index < -0.39 is 78.0 Å². The lowest BCUT2D eigenvalue weighted by Crippen LogP contribution is -2.34. The van der Waals surface area contributed by atoms with Crippen molar-refractivity contribution in [2.75, 3.05) is 7.11 Å². The van der Waals surface area contributed by atoms with E-state index in [9.17, 15) is 54.2 Å². The second kappa shape index (κ2) is 17.1. The Balaban J connectivity index is 0.00000399. The number of aromatic carboxylic acids is 1. The first-order chi connectivity index (χ1) is 25.4. The quantitative estimate of drug-likeness (QED) is 0.164. The first-order valence-electron chi connectivity index (χ1n) is 16.8. The zero-order valence-electron chi connectivity index (χ0n) is 31.0. The maximum Gasteiger partial charge on any atom is 0.416 e. The van der Waals surface area contributed by atoms with Crippen LogP contribution in [0, 0.1) is 13.8 Å². The van der Waals surface area contributed by atoms with Crippen LogP contribution in [0.15, 0.2) is 84.0 Å². The normalized spacial score (nSPS) is 16.7. The van der Waals surface area contributed by atoms with Crippen LogP contribution in [-0.2, 0) is 17.5 Å². The Kier molecular flexibility index (Phi) is 13.7. The van der Waals surface area contributed by atoms with Crippen LogP contribution in [0.1, 0.15) is 66.7 Å². The summed E-state index contributed by atoms with van der Waals surface area (Å²) in [5.74, 6) is -0.911. The number of hydrogen-bond donors (Lipinski definition) is 1. The molecular weight excluding hydrogens is 745 g/mol. The molecule has 0 aromatic heterocycles. The Hall–Kier alpha value is -5.21. The van der Waals surface area contributed by atoms with Crippen molar-refractivity contribution in [1.29, 1.82) is 0 Å². The minimum atomic E-state index is -4.88. The Morgan fingerprint density at radius 2 is 1.56 bits per heavy atom. The first-order valence-corrected chi connectivity index (χ1v) is 16.8. The molecule has 55 heavy (non-hydrogen) atoms. The smallest absolute Gasteiger partial charge is 0.416 e. The second-order valence-electron chi connectivity index (χ2n) is 12.7. The molecule has 15 heteroatoms. The molecule has 3 aromatic carbocycles. The maximum atomic E-state index is 14.2. The number of carbonyl (C=O) groups excluding carboxylic acids is 1. The molecule has 1 unspecified atom stereocenters. The SMILES string of the molecule is C=C(/C=C(\C=C(/C)C(F)(F)F)[C@H]1OC(=O)N(Cc2cc(C(F)(F)F)cc(C)c2-c2cc(-c3ccc(C(=O)O)cc3C)ccc2OC)C1C)CC(F)(F)F.CC. The largest absolute Gasteiger partial charge is 0.496 e. The fourth-order valence-electron chi connectivity index (χ4n) is 6.15. The van der Waals surface area contributed by atoms with Gasteiger partial charge in [-0.15, -0.1) is 0 Å². The van der Waals surface area contributed by atoms with Gasteiger partial charge >= 0.3 is 30.6 Å². The van der Waals surface area contributed by atoms with Gasteiger partial charge in [-0.1, -0.05) is 38.6 Å². The Morgan fingerprint density at radius 1 is 0.927 bits per heavy atom. The summed E-state index contributed by atoms with van der Waals surface area (Å²) >= 11 is 0. The van der Waals surface area contributed by atoms with Crippen LogP contribution in [0.4, 0.5) is 44.3 Å². The predicted molar refractivity (Wildman–Crippen MR) is 190 cm³/mol. The number of ether oxygens (including phenoxy) is 2. The number of hydrogen-bond acceptors (Lipinski definition) is 4. The monoisotopic (exact) mass is 785 g/mol. The number of aryl methyl sites for hydroxylation is 2. The average Bonchev–Trinajstić information content (AvgIpc) is 3.35. The van der Waals surface area contributed by atoms with E-state index in [4.69, 9.17) is 9.47 Å². The van der Waals surface area contributed by atoms with Crippen molar-refractivity contribution in [2.45, 2.75) is 85.2 Å². The number of carboxylic acids is 1. The molecule has 4 rings (SSSR count). The van der Waals surface area contributed by atoms with Crippen molar-refractivity contribution in [3.63, 3.8) is 0 Å². The predicted octanol–water partition coefficient (Wildman–Crippen LogP) is 12.0. The molecule has 0 radical (unpaired) electrons. The van der Waals surface area contributed by atoms with Gasteiger partial charge in [-0.2, -0.15) is 39.5 Å². The van der Waals surface area contributed by atoms with E-state index in [0.29, 0.717) is 35.3 Å². The van der Waals surface area contributed by atoms with Crippen molar-refractivity contribution in [3.8, 4) is 28.0 Å². The van der Waals surface area contributed by atoms with Crippen LogP contribution < -0.4 is 4.74 Å². The van der Waals surface area contributed by atoms with Gasteiger partial charge in [0.25, 0.3) is 0 Å². The molecule has 1 heterocycles. The number of nitrogens with zero attached hydrogens (tertiary/aromatic N) is 1. The van der Waals surface area contributed by atoms with E-state index in [1.807, 2.05) is 13.8 Å². The van der Waals surface area contributed by atoms with Gasteiger partial charge in [0.1, 0.15) is 11.9 Å². The number of benzene rings is 3. The molecule has 1 amide bonds. The summed E-state index contributed by atoms with van der Waals surface area (Å²) in [6.45, 7) is 11.9. The van der Waals surface area contributed by atoms with Crippen LogP contribution in [0.2, 0.25) is 0 Å². The molecule has 298 valence electrons. The summed E-state index contributed by atoms with van der Waals surface area (Å²) in [5, 5.41) is 9.39. The molecule has 2 atom stereocenters. The number of halogens is 9. The van der Waals surface area contributed by atoms with Crippen LogP contribution in [0.5, 0.6) is 5.75 Å². The van der Waals surface area contributed by atoms with Gasteiger partial charge in [0.2, 0.25) is 0 Å². The number of allylic oxidation sites excluding steroid dienone is 3. The zero-order chi connectivity index (χ0) is 41.8. The Bertz CT molecular complexity index is 1990. The van der Waals surface area contributed by atoms with Crippen molar-refractivity contribution in [1.82, 2.24) is 4.90 Å². The lowest BCUT2D eigenvalue weighted by atomic mass is 9.88. The lowest BCUT2D eigenvalue weighted by Gasteiger charge is -2.25. The average molecular weight is 786 g/mol. The van der Waals surface area contributed by atoms with Crippen LogP contribution in [0.25, 0.3) is 22.3 Å². The van der Waals surface area contributed by atoms with Gasteiger partial charge in [0, 0.05) is 11.1 Å². The van der Waals surface area contributed by atoms with Crippen molar-refractivity contribution >= 4 is 12.1 Å². The van der Waals surface area contributed by atoms with Gasteiger partial charge < -0.3 is 14.6 Å². The number of amides is 1. The lowest BCUT2D eigenvalue weighted by molar-refractivity contribution is -0.137. The topological polar surface area (TPSA) is 76.1 Å². The maximum absolute atomic E-state index is 14.2. The third-order valence-corrected chi connectivity index (χ3v) is 8.69. The highest BCUT2D eigenvalue weighted by Crippen LogP contribution is 2.43. The molecule has 1 aliphatic rings. The summed E-state index contributed by atoms with van der Waals surface area (Å²) in [6, 6.07) is 9.85. The fourth-order valence-corrected chi connectivity index (χ4v) is 6.15. The molecule has 1 saturated heterocycles. The molecular formula is C40H40F9NO5.